The number of fused-ring (bicyclic) bond motifs is 3. The minimum absolute atomic E-state index is 0.00873. The Morgan fingerprint density at radius 1 is 0.862 bits per heavy atom. The van der Waals surface area contributed by atoms with Crippen LogP contribution in [-0.2, 0) is 52.3 Å². The molecule has 0 fully saturated rings. The van der Waals surface area contributed by atoms with Gasteiger partial charge in [-0.2, -0.15) is 0 Å². The number of para-hydroxylation sites is 2. The molecule has 4 heterocycles. The Kier molecular flexibility index (Phi) is 10.7. The summed E-state index contributed by atoms with van der Waals surface area (Å²) < 4.78 is 1.69. The van der Waals surface area contributed by atoms with Gasteiger partial charge in [0.25, 0.3) is 5.91 Å². The van der Waals surface area contributed by atoms with Crippen molar-refractivity contribution >= 4 is 56.6 Å². The number of hydrogen-bond donors (Lipinski definition) is 6. The van der Waals surface area contributed by atoms with Gasteiger partial charge in [0.15, 0.2) is 5.60 Å². The molecule has 1 aliphatic heterocycles. The maximum Gasteiger partial charge on any atom is 0.264 e. The standard InChI is InChI=1S/C45H44N8O5/c1-29(9-6-7-19-52-28-35(18-20-54)50-51-52)45(58)38-24-34(49-43(56)23-32-26-47-40-15-5-3-13-37(32)40)16-17-41(38)53(44(45)57)27-30-10-8-11-33(21-30)48-42(55)22-31-25-46-39-14-4-2-12-36(31)39/h2-6,8-17,21,24-26,28-29,46-47,54,58H,7,18-20,22-23,27H2,1H3,(H,48,55)(H,49,56)/b9-6+/t29-,45+/m1/s1. The third-order valence-corrected chi connectivity index (χ3v) is 10.7. The van der Waals surface area contributed by atoms with E-state index in [4.69, 9.17) is 0 Å². The highest BCUT2D eigenvalue weighted by Gasteiger charge is 2.52. The predicted octanol–water partition coefficient (Wildman–Crippen LogP) is 6.15. The summed E-state index contributed by atoms with van der Waals surface area (Å²) in [5.74, 6) is -1.56. The van der Waals surface area contributed by atoms with E-state index in [1.807, 2.05) is 91.3 Å². The van der Waals surface area contributed by atoms with E-state index in [2.05, 4.69) is 30.9 Å². The van der Waals surface area contributed by atoms with E-state index < -0.39 is 17.4 Å². The minimum Gasteiger partial charge on any atom is -0.396 e. The second-order valence-corrected chi connectivity index (χ2v) is 14.7. The Balaban J connectivity index is 1.02. The number of nitrogens with one attached hydrogen (secondary N) is 4. The number of carbonyl (C=O) groups excluding carboxylic acids is 3. The molecule has 0 saturated heterocycles. The summed E-state index contributed by atoms with van der Waals surface area (Å²) in [5.41, 5.74) is 5.11. The van der Waals surface area contributed by atoms with E-state index in [9.17, 15) is 24.6 Å². The van der Waals surface area contributed by atoms with E-state index >= 15 is 0 Å². The number of benzene rings is 4. The Hall–Kier alpha value is -6.83. The Morgan fingerprint density at radius 3 is 2.19 bits per heavy atom. The van der Waals surface area contributed by atoms with Crippen LogP contribution in [0.15, 0.2) is 122 Å². The van der Waals surface area contributed by atoms with Crippen molar-refractivity contribution in [3.05, 3.63) is 150 Å². The van der Waals surface area contributed by atoms with Crippen molar-refractivity contribution in [1.29, 1.82) is 0 Å². The number of hydrogen-bond acceptors (Lipinski definition) is 7. The van der Waals surface area contributed by atoms with E-state index in [0.717, 1.165) is 38.5 Å². The monoisotopic (exact) mass is 776 g/mol. The molecule has 2 atom stereocenters. The average Bonchev–Trinajstić information content (AvgIpc) is 4.00. The molecule has 58 heavy (non-hydrogen) atoms. The molecule has 0 bridgehead atoms. The number of H-pyrrole nitrogens is 2. The summed E-state index contributed by atoms with van der Waals surface area (Å²) in [6.45, 7) is 2.44. The first-order valence-corrected chi connectivity index (χ1v) is 19.3. The van der Waals surface area contributed by atoms with Gasteiger partial charge >= 0.3 is 0 Å². The van der Waals surface area contributed by atoms with Gasteiger partial charge in [-0.15, -0.1) is 5.10 Å². The van der Waals surface area contributed by atoms with Crippen LogP contribution in [0.25, 0.3) is 21.8 Å². The molecule has 6 N–H and O–H groups in total. The topological polar surface area (TPSA) is 181 Å². The molecule has 1 aliphatic rings. The zero-order valence-electron chi connectivity index (χ0n) is 32.0. The van der Waals surface area contributed by atoms with Gasteiger partial charge in [0.2, 0.25) is 11.8 Å². The molecule has 7 aromatic rings. The second kappa shape index (κ2) is 16.3. The van der Waals surface area contributed by atoms with Gasteiger partial charge in [0.1, 0.15) is 0 Å². The molecule has 0 radical (unpaired) electrons. The van der Waals surface area contributed by atoms with Crippen LogP contribution in [0, 0.1) is 5.92 Å². The largest absolute Gasteiger partial charge is 0.396 e. The number of aromatic nitrogens is 5. The first kappa shape index (κ1) is 38.1. The maximum atomic E-state index is 14.5. The summed E-state index contributed by atoms with van der Waals surface area (Å²) >= 11 is 0. The smallest absolute Gasteiger partial charge is 0.264 e. The third-order valence-electron chi connectivity index (χ3n) is 10.7. The molecule has 8 rings (SSSR count). The van der Waals surface area contributed by atoms with Gasteiger partial charge in [-0.3, -0.25) is 19.1 Å². The Morgan fingerprint density at radius 2 is 1.52 bits per heavy atom. The minimum atomic E-state index is -1.95. The lowest BCUT2D eigenvalue weighted by Gasteiger charge is -2.28. The molecule has 4 aromatic carbocycles. The summed E-state index contributed by atoms with van der Waals surface area (Å²) in [6, 6.07) is 28.1. The number of aromatic amines is 2. The number of rotatable bonds is 15. The molecule has 3 aromatic heterocycles. The molecule has 0 spiro atoms. The van der Waals surface area contributed by atoms with Crippen molar-refractivity contribution in [2.45, 2.75) is 51.3 Å². The highest BCUT2D eigenvalue weighted by molar-refractivity contribution is 6.08. The molecule has 13 nitrogen and oxygen atoms in total. The van der Waals surface area contributed by atoms with Gasteiger partial charge in [-0.1, -0.05) is 72.8 Å². The SMILES string of the molecule is C[C@H](/C=C/CCn1cc(CCO)nn1)[C@@]1(O)C(=O)N(Cc2cccc(NC(=O)Cc3c[nH]c4ccccc34)c2)c2ccc(NC(=O)Cc3c[nH]c4ccccc34)cc21. The van der Waals surface area contributed by atoms with Crippen LogP contribution < -0.4 is 15.5 Å². The molecule has 3 amide bonds. The van der Waals surface area contributed by atoms with Gasteiger partial charge in [-0.05, 0) is 65.6 Å². The maximum absolute atomic E-state index is 14.5. The number of anilines is 3. The molecule has 0 saturated carbocycles. The van der Waals surface area contributed by atoms with Crippen LogP contribution >= 0.6 is 0 Å². The second-order valence-electron chi connectivity index (χ2n) is 14.7. The number of aliphatic hydroxyl groups excluding tert-OH is 1. The van der Waals surface area contributed by atoms with Gasteiger partial charge < -0.3 is 35.7 Å². The number of aryl methyl sites for hydroxylation is 1. The van der Waals surface area contributed by atoms with Crippen LogP contribution in [0.4, 0.5) is 17.1 Å². The van der Waals surface area contributed by atoms with Crippen LogP contribution in [0.2, 0.25) is 0 Å². The van der Waals surface area contributed by atoms with Crippen molar-refractivity contribution < 1.29 is 24.6 Å². The molecular weight excluding hydrogens is 733 g/mol. The number of nitrogens with zero attached hydrogens (tertiary/aromatic N) is 4. The van der Waals surface area contributed by atoms with Crippen LogP contribution in [0.1, 0.15) is 41.3 Å². The fourth-order valence-corrected chi connectivity index (χ4v) is 7.75. The quantitative estimate of drug-likeness (QED) is 0.0675. The number of aliphatic hydroxyl groups is 2. The van der Waals surface area contributed by atoms with Gasteiger partial charge in [-0.25, -0.2) is 0 Å². The van der Waals surface area contributed by atoms with E-state index in [1.165, 1.54) is 0 Å². The van der Waals surface area contributed by atoms with Crippen molar-refractivity contribution in [3.8, 4) is 0 Å². The summed E-state index contributed by atoms with van der Waals surface area (Å²) in [6.07, 6.45) is 10.5. The fourth-order valence-electron chi connectivity index (χ4n) is 7.75. The zero-order valence-corrected chi connectivity index (χ0v) is 32.0. The number of allylic oxidation sites excluding steroid dienone is 1. The highest BCUT2D eigenvalue weighted by Crippen LogP contribution is 2.47. The lowest BCUT2D eigenvalue weighted by atomic mass is 9.82. The Bertz CT molecular complexity index is 2660. The Labute approximate surface area is 334 Å². The average molecular weight is 777 g/mol. The summed E-state index contributed by atoms with van der Waals surface area (Å²) in [5, 5.41) is 37.8. The van der Waals surface area contributed by atoms with Crippen molar-refractivity contribution in [1.82, 2.24) is 25.0 Å². The molecule has 0 unspecified atom stereocenters. The number of carbonyl (C=O) groups is 3. The van der Waals surface area contributed by atoms with E-state index in [0.29, 0.717) is 47.7 Å². The predicted molar refractivity (Wildman–Crippen MR) is 223 cm³/mol. The van der Waals surface area contributed by atoms with Crippen molar-refractivity contribution in [3.63, 3.8) is 0 Å². The lowest BCUT2D eigenvalue weighted by Crippen LogP contribution is -2.44. The van der Waals surface area contributed by atoms with Gasteiger partial charge in [0, 0.05) is 82.8 Å². The van der Waals surface area contributed by atoms with Crippen molar-refractivity contribution in [2.75, 3.05) is 22.1 Å². The molecule has 294 valence electrons. The first-order chi connectivity index (χ1) is 28.2. The van der Waals surface area contributed by atoms with Gasteiger partial charge in [0.05, 0.1) is 30.8 Å². The fraction of sp³-hybridized carbons (Fsp3) is 0.222. The van der Waals surface area contributed by atoms with E-state index in [1.54, 1.807) is 47.0 Å². The third kappa shape index (κ3) is 7.77. The van der Waals surface area contributed by atoms with Crippen LogP contribution in [-0.4, -0.2) is 59.5 Å². The first-order valence-electron chi connectivity index (χ1n) is 19.3. The summed E-state index contributed by atoms with van der Waals surface area (Å²) in [7, 11) is 0. The lowest BCUT2D eigenvalue weighted by molar-refractivity contribution is -0.139. The van der Waals surface area contributed by atoms with Crippen molar-refractivity contribution in [2.24, 2.45) is 5.92 Å². The number of amides is 3. The van der Waals surface area contributed by atoms with Crippen LogP contribution in [0.3, 0.4) is 0 Å². The van der Waals surface area contributed by atoms with E-state index in [-0.39, 0.29) is 37.8 Å². The molecule has 13 heteroatoms. The molecular formula is C45H44N8O5. The molecule has 0 aliphatic carbocycles. The highest BCUT2D eigenvalue weighted by atomic mass is 16.3. The normalized spacial score (nSPS) is 15.7. The van der Waals surface area contributed by atoms with Crippen LogP contribution in [0.5, 0.6) is 0 Å². The summed E-state index contributed by atoms with van der Waals surface area (Å²) in [4.78, 5) is 49.0. The zero-order chi connectivity index (χ0) is 40.2.